The van der Waals surface area contributed by atoms with Gasteiger partial charge in [-0.15, -0.1) is 0 Å². The maximum Gasteiger partial charge on any atom is 0.340 e. The van der Waals surface area contributed by atoms with E-state index in [0.717, 1.165) is 6.07 Å². The van der Waals surface area contributed by atoms with Crippen LogP contribution in [0.4, 0.5) is 11.4 Å². The summed E-state index contributed by atoms with van der Waals surface area (Å²) >= 11 is 5.84. The molecule has 0 aliphatic carbocycles. The van der Waals surface area contributed by atoms with Gasteiger partial charge >= 0.3 is 5.97 Å². The summed E-state index contributed by atoms with van der Waals surface area (Å²) in [5, 5.41) is 23.1. The summed E-state index contributed by atoms with van der Waals surface area (Å²) < 4.78 is 10.5. The van der Waals surface area contributed by atoms with E-state index >= 15 is 0 Å². The number of nitrogens with zero attached hydrogens (tertiary/aromatic N) is 1. The number of nitro groups is 1. The third-order valence-electron chi connectivity index (χ3n) is 3.24. The van der Waals surface area contributed by atoms with Gasteiger partial charge in [-0.3, -0.25) is 10.1 Å². The van der Waals surface area contributed by atoms with Crippen molar-refractivity contribution in [3.8, 4) is 5.75 Å². The topological polar surface area (TPSA) is 111 Å². The molecule has 9 heteroatoms. The molecular formula is C17H17ClN2O6. The van der Waals surface area contributed by atoms with Crippen LogP contribution >= 0.6 is 11.6 Å². The number of hydrogen-bond donors (Lipinski definition) is 2. The van der Waals surface area contributed by atoms with Crippen molar-refractivity contribution >= 4 is 28.9 Å². The van der Waals surface area contributed by atoms with E-state index in [1.165, 1.54) is 12.1 Å². The molecule has 0 atom stereocenters. The Bertz CT molecular complexity index is 784. The molecule has 0 radical (unpaired) electrons. The number of carbonyl (C=O) groups excluding carboxylic acids is 1. The normalized spacial score (nSPS) is 10.2. The van der Waals surface area contributed by atoms with Crippen LogP contribution in [0.25, 0.3) is 0 Å². The number of hydrogen-bond acceptors (Lipinski definition) is 7. The Kier molecular flexibility index (Phi) is 7.19. The molecule has 2 aromatic carbocycles. The molecule has 0 saturated heterocycles. The predicted molar refractivity (Wildman–Crippen MR) is 95.9 cm³/mol. The van der Waals surface area contributed by atoms with Crippen LogP contribution in [0.3, 0.4) is 0 Å². The molecule has 2 N–H and O–H groups in total. The van der Waals surface area contributed by atoms with E-state index in [-0.39, 0.29) is 37.6 Å². The summed E-state index contributed by atoms with van der Waals surface area (Å²) in [6, 6.07) is 10.6. The number of nitro benzene ring substituents is 1. The fourth-order valence-electron chi connectivity index (χ4n) is 2.09. The molecule has 0 bridgehead atoms. The maximum absolute atomic E-state index is 12.2. The number of nitrogens with one attached hydrogen (secondary N) is 1. The zero-order valence-electron chi connectivity index (χ0n) is 13.7. The Morgan fingerprint density at radius 3 is 2.73 bits per heavy atom. The summed E-state index contributed by atoms with van der Waals surface area (Å²) in [4.78, 5) is 22.6. The molecule has 0 aliphatic heterocycles. The van der Waals surface area contributed by atoms with Crippen LogP contribution in [0.1, 0.15) is 10.4 Å². The number of non-ortho nitro benzene ring substituents is 1. The minimum atomic E-state index is -0.733. The minimum absolute atomic E-state index is 0.00963. The molecule has 0 aliphatic rings. The van der Waals surface area contributed by atoms with Gasteiger partial charge in [-0.2, -0.15) is 0 Å². The average molecular weight is 381 g/mol. The quantitative estimate of drug-likeness (QED) is 0.298. The van der Waals surface area contributed by atoms with Gasteiger partial charge < -0.3 is 19.9 Å². The highest BCUT2D eigenvalue weighted by atomic mass is 35.5. The van der Waals surface area contributed by atoms with Crippen LogP contribution in [0.15, 0.2) is 42.5 Å². The molecule has 138 valence electrons. The van der Waals surface area contributed by atoms with Gasteiger partial charge in [0.15, 0.2) is 0 Å². The van der Waals surface area contributed by atoms with E-state index in [1.807, 2.05) is 0 Å². The first-order valence-corrected chi connectivity index (χ1v) is 8.07. The Balaban J connectivity index is 1.98. The second-order valence-corrected chi connectivity index (χ2v) is 5.52. The SMILES string of the molecule is O=C(OCCOc1cccc(Cl)c1)c1cc([N+](=O)[O-])ccc1NCCO. The molecule has 0 unspecified atom stereocenters. The van der Waals surface area contributed by atoms with E-state index < -0.39 is 10.9 Å². The van der Waals surface area contributed by atoms with Gasteiger partial charge in [0.1, 0.15) is 19.0 Å². The first-order chi connectivity index (χ1) is 12.5. The van der Waals surface area contributed by atoms with Crippen molar-refractivity contribution in [2.24, 2.45) is 0 Å². The average Bonchev–Trinajstić information content (AvgIpc) is 2.63. The Labute approximate surface area is 154 Å². The first-order valence-electron chi connectivity index (χ1n) is 7.70. The molecule has 26 heavy (non-hydrogen) atoms. The minimum Gasteiger partial charge on any atom is -0.490 e. The smallest absolute Gasteiger partial charge is 0.340 e. The molecule has 0 amide bonds. The fraction of sp³-hybridized carbons (Fsp3) is 0.235. The summed E-state index contributed by atoms with van der Waals surface area (Å²) in [6.45, 7) is 0.0861. The lowest BCUT2D eigenvalue weighted by atomic mass is 10.1. The van der Waals surface area contributed by atoms with Crippen molar-refractivity contribution in [3.63, 3.8) is 0 Å². The summed E-state index contributed by atoms with van der Waals surface area (Å²) in [7, 11) is 0. The van der Waals surface area contributed by atoms with Gasteiger partial charge in [-0.25, -0.2) is 4.79 Å². The lowest BCUT2D eigenvalue weighted by Gasteiger charge is -2.11. The summed E-state index contributed by atoms with van der Waals surface area (Å²) in [5.41, 5.74) is 0.113. The fourth-order valence-corrected chi connectivity index (χ4v) is 2.27. The van der Waals surface area contributed by atoms with Crippen molar-refractivity contribution in [2.45, 2.75) is 0 Å². The second kappa shape index (κ2) is 9.59. The highest BCUT2D eigenvalue weighted by molar-refractivity contribution is 6.30. The van der Waals surface area contributed by atoms with Gasteiger partial charge in [0.05, 0.1) is 17.1 Å². The van der Waals surface area contributed by atoms with E-state index in [2.05, 4.69) is 5.32 Å². The number of carbonyl (C=O) groups is 1. The van der Waals surface area contributed by atoms with E-state index in [4.69, 9.17) is 26.2 Å². The molecule has 8 nitrogen and oxygen atoms in total. The number of esters is 1. The number of aliphatic hydroxyl groups excluding tert-OH is 1. The predicted octanol–water partition coefficient (Wildman–Crippen LogP) is 2.89. The number of anilines is 1. The third-order valence-corrected chi connectivity index (χ3v) is 3.48. The Morgan fingerprint density at radius 2 is 2.04 bits per heavy atom. The zero-order chi connectivity index (χ0) is 18.9. The van der Waals surface area contributed by atoms with Crippen LogP contribution in [-0.4, -0.2) is 42.4 Å². The highest BCUT2D eigenvalue weighted by Gasteiger charge is 2.18. The number of halogens is 1. The van der Waals surface area contributed by atoms with Crippen LogP contribution in [0.2, 0.25) is 5.02 Å². The molecule has 0 spiro atoms. The largest absolute Gasteiger partial charge is 0.490 e. The second-order valence-electron chi connectivity index (χ2n) is 5.08. The first kappa shape index (κ1) is 19.5. The van der Waals surface area contributed by atoms with Crippen molar-refractivity contribution in [1.29, 1.82) is 0 Å². The van der Waals surface area contributed by atoms with Crippen molar-refractivity contribution in [3.05, 3.63) is 63.2 Å². The molecule has 2 aromatic rings. The number of ether oxygens (including phenoxy) is 2. The van der Waals surface area contributed by atoms with Gasteiger partial charge in [0, 0.05) is 29.4 Å². The number of aliphatic hydroxyl groups is 1. The Morgan fingerprint density at radius 1 is 1.23 bits per heavy atom. The van der Waals surface area contributed by atoms with Gasteiger partial charge in [0.2, 0.25) is 0 Å². The third kappa shape index (κ3) is 5.61. The monoisotopic (exact) mass is 380 g/mol. The van der Waals surface area contributed by atoms with Crippen molar-refractivity contribution in [2.75, 3.05) is 31.7 Å². The van der Waals surface area contributed by atoms with Crippen molar-refractivity contribution in [1.82, 2.24) is 0 Å². The summed E-state index contributed by atoms with van der Waals surface area (Å²) in [5.74, 6) is -0.196. The van der Waals surface area contributed by atoms with Crippen LogP contribution in [0, 0.1) is 10.1 Å². The summed E-state index contributed by atoms with van der Waals surface area (Å²) in [6.07, 6.45) is 0. The molecule has 0 fully saturated rings. The molecule has 0 saturated carbocycles. The lowest BCUT2D eigenvalue weighted by Crippen LogP contribution is -2.15. The Hall–Kier alpha value is -2.84. The molecular weight excluding hydrogens is 364 g/mol. The number of rotatable bonds is 9. The van der Waals surface area contributed by atoms with Crippen LogP contribution in [0.5, 0.6) is 5.75 Å². The highest BCUT2D eigenvalue weighted by Crippen LogP contribution is 2.23. The van der Waals surface area contributed by atoms with E-state index in [9.17, 15) is 14.9 Å². The lowest BCUT2D eigenvalue weighted by molar-refractivity contribution is -0.384. The molecule has 0 heterocycles. The van der Waals surface area contributed by atoms with Gasteiger partial charge in [-0.1, -0.05) is 17.7 Å². The number of benzene rings is 2. The molecule has 0 aromatic heterocycles. The van der Waals surface area contributed by atoms with Crippen LogP contribution < -0.4 is 10.1 Å². The van der Waals surface area contributed by atoms with E-state index in [1.54, 1.807) is 24.3 Å². The van der Waals surface area contributed by atoms with Crippen molar-refractivity contribution < 1.29 is 24.3 Å². The van der Waals surface area contributed by atoms with Gasteiger partial charge in [0.25, 0.3) is 5.69 Å². The van der Waals surface area contributed by atoms with Gasteiger partial charge in [-0.05, 0) is 24.3 Å². The van der Waals surface area contributed by atoms with E-state index in [0.29, 0.717) is 16.5 Å². The molecule has 2 rings (SSSR count). The van der Waals surface area contributed by atoms with Crippen LogP contribution in [-0.2, 0) is 4.74 Å². The zero-order valence-corrected chi connectivity index (χ0v) is 14.4. The standard InChI is InChI=1S/C17H17ClN2O6/c18-12-2-1-3-14(10-12)25-8-9-26-17(22)15-11-13(20(23)24)4-5-16(15)19-6-7-21/h1-5,10-11,19,21H,6-9H2. The maximum atomic E-state index is 12.2.